The van der Waals surface area contributed by atoms with E-state index in [1.54, 1.807) is 24.3 Å². The number of nitrogens with zero attached hydrogens (tertiary/aromatic N) is 1. The summed E-state index contributed by atoms with van der Waals surface area (Å²) in [5.74, 6) is -5.75. The highest BCUT2D eigenvalue weighted by molar-refractivity contribution is 7.88. The van der Waals surface area contributed by atoms with Crippen LogP contribution in [-0.4, -0.2) is 50.5 Å². The van der Waals surface area contributed by atoms with E-state index in [-0.39, 0.29) is 36.9 Å². The van der Waals surface area contributed by atoms with Gasteiger partial charge in [0.25, 0.3) is 5.92 Å². The van der Waals surface area contributed by atoms with E-state index in [4.69, 9.17) is 0 Å². The standard InChI is InChI=1S/C23H24F4N2O3S/c1-33(31,32)28-20-9-11-29(12-10-23(20,26)27)22(30)17-13-16(17)14-5-2-3-6-15(14)21-18(24)7-4-8-19(21)25/h2-8,16-17,20,28H,9-13H2,1H3. The second-order valence-corrected chi connectivity index (χ2v) is 10.5. The molecule has 1 saturated carbocycles. The quantitative estimate of drug-likeness (QED) is 0.655. The molecule has 1 saturated heterocycles. The molecule has 1 aliphatic carbocycles. The average Bonchev–Trinajstić information content (AvgIpc) is 3.53. The molecular formula is C23H24F4N2O3S. The molecular weight excluding hydrogens is 460 g/mol. The van der Waals surface area contributed by atoms with Crippen LogP contribution in [0.5, 0.6) is 0 Å². The topological polar surface area (TPSA) is 66.5 Å². The maximum Gasteiger partial charge on any atom is 0.265 e. The largest absolute Gasteiger partial charge is 0.342 e. The van der Waals surface area contributed by atoms with Gasteiger partial charge in [0, 0.05) is 25.4 Å². The third kappa shape index (κ3) is 5.06. The number of carbonyl (C=O) groups excluding carboxylic acids is 1. The van der Waals surface area contributed by atoms with Crippen molar-refractivity contribution in [1.29, 1.82) is 0 Å². The lowest BCUT2D eigenvalue weighted by atomic mass is 9.95. The summed E-state index contributed by atoms with van der Waals surface area (Å²) in [6, 6.07) is 8.76. The van der Waals surface area contributed by atoms with E-state index in [1.165, 1.54) is 23.1 Å². The molecule has 4 rings (SSSR count). The number of halogens is 4. The second kappa shape index (κ2) is 8.72. The van der Waals surface area contributed by atoms with Gasteiger partial charge in [0.05, 0.1) is 17.9 Å². The fourth-order valence-electron chi connectivity index (χ4n) is 4.54. The average molecular weight is 485 g/mol. The summed E-state index contributed by atoms with van der Waals surface area (Å²) in [5, 5.41) is 0. The molecule has 2 aromatic carbocycles. The smallest absolute Gasteiger partial charge is 0.265 e. The molecule has 0 spiro atoms. The van der Waals surface area contributed by atoms with Crippen LogP contribution in [0.4, 0.5) is 17.6 Å². The maximum atomic E-state index is 14.4. The Hall–Kier alpha value is -2.46. The SMILES string of the molecule is CS(=O)(=O)NC1CCN(C(=O)C2CC2c2ccccc2-c2c(F)cccc2F)CCC1(F)F. The second-order valence-electron chi connectivity index (χ2n) is 8.70. The molecule has 1 N–H and O–H groups in total. The van der Waals surface area contributed by atoms with Gasteiger partial charge in [0.1, 0.15) is 11.6 Å². The summed E-state index contributed by atoms with van der Waals surface area (Å²) in [4.78, 5) is 14.4. The Labute approximate surface area is 189 Å². The van der Waals surface area contributed by atoms with Gasteiger partial charge in [-0.3, -0.25) is 4.79 Å². The van der Waals surface area contributed by atoms with Gasteiger partial charge in [-0.15, -0.1) is 0 Å². The molecule has 2 aromatic rings. The van der Waals surface area contributed by atoms with Gasteiger partial charge in [-0.2, -0.15) is 0 Å². The molecule has 1 heterocycles. The first kappa shape index (κ1) is 23.7. The van der Waals surface area contributed by atoms with Gasteiger partial charge in [-0.1, -0.05) is 30.3 Å². The van der Waals surface area contributed by atoms with Crippen LogP contribution in [0.3, 0.4) is 0 Å². The molecule has 2 aliphatic rings. The lowest BCUT2D eigenvalue weighted by Crippen LogP contribution is -2.47. The van der Waals surface area contributed by atoms with Crippen LogP contribution in [0, 0.1) is 17.6 Å². The lowest BCUT2D eigenvalue weighted by molar-refractivity contribution is -0.132. The first-order chi connectivity index (χ1) is 15.5. The number of rotatable bonds is 5. The number of benzene rings is 2. The fraction of sp³-hybridized carbons (Fsp3) is 0.435. The molecule has 10 heteroatoms. The third-order valence-electron chi connectivity index (χ3n) is 6.28. The molecule has 5 nitrogen and oxygen atoms in total. The highest BCUT2D eigenvalue weighted by Crippen LogP contribution is 2.51. The molecule has 0 radical (unpaired) electrons. The summed E-state index contributed by atoms with van der Waals surface area (Å²) < 4.78 is 82.5. The first-order valence-corrected chi connectivity index (χ1v) is 12.5. The van der Waals surface area contributed by atoms with Crippen LogP contribution in [0.15, 0.2) is 42.5 Å². The van der Waals surface area contributed by atoms with Gasteiger partial charge in [-0.05, 0) is 42.0 Å². The van der Waals surface area contributed by atoms with E-state index >= 15 is 0 Å². The Balaban J connectivity index is 1.51. The first-order valence-electron chi connectivity index (χ1n) is 10.6. The van der Waals surface area contributed by atoms with E-state index in [0.29, 0.717) is 17.5 Å². The lowest BCUT2D eigenvalue weighted by Gasteiger charge is -2.24. The maximum absolute atomic E-state index is 14.4. The number of hydrogen-bond donors (Lipinski definition) is 1. The van der Waals surface area contributed by atoms with Crippen molar-refractivity contribution in [2.75, 3.05) is 19.3 Å². The van der Waals surface area contributed by atoms with Crippen molar-refractivity contribution in [3.63, 3.8) is 0 Å². The van der Waals surface area contributed by atoms with E-state index in [0.717, 1.165) is 6.26 Å². The van der Waals surface area contributed by atoms with Crippen molar-refractivity contribution < 1.29 is 30.8 Å². The number of sulfonamides is 1. The molecule has 0 bridgehead atoms. The van der Waals surface area contributed by atoms with E-state index < -0.39 is 46.0 Å². The Morgan fingerprint density at radius 3 is 2.39 bits per heavy atom. The van der Waals surface area contributed by atoms with Crippen molar-refractivity contribution >= 4 is 15.9 Å². The molecule has 3 unspecified atom stereocenters. The number of likely N-dealkylation sites (tertiary alicyclic amines) is 1. The Morgan fingerprint density at radius 2 is 1.73 bits per heavy atom. The summed E-state index contributed by atoms with van der Waals surface area (Å²) in [7, 11) is -3.83. The van der Waals surface area contributed by atoms with Crippen LogP contribution in [0.1, 0.15) is 30.7 Å². The zero-order valence-electron chi connectivity index (χ0n) is 17.9. The van der Waals surface area contributed by atoms with E-state index in [1.807, 2.05) is 4.72 Å². The van der Waals surface area contributed by atoms with Gasteiger partial charge >= 0.3 is 0 Å². The van der Waals surface area contributed by atoms with E-state index in [2.05, 4.69) is 0 Å². The van der Waals surface area contributed by atoms with Crippen molar-refractivity contribution in [3.05, 3.63) is 59.7 Å². The molecule has 1 amide bonds. The van der Waals surface area contributed by atoms with E-state index in [9.17, 15) is 30.8 Å². The van der Waals surface area contributed by atoms with Crippen LogP contribution in [0.2, 0.25) is 0 Å². The van der Waals surface area contributed by atoms with Crippen molar-refractivity contribution in [3.8, 4) is 11.1 Å². The summed E-state index contributed by atoms with van der Waals surface area (Å²) in [6.07, 6.45) is 0.409. The van der Waals surface area contributed by atoms with Crippen molar-refractivity contribution in [2.45, 2.75) is 37.1 Å². The number of amides is 1. The minimum atomic E-state index is -3.83. The molecule has 3 atom stereocenters. The normalized spacial score (nSPS) is 24.9. The van der Waals surface area contributed by atoms with Gasteiger partial charge in [0.15, 0.2) is 0 Å². The third-order valence-corrected chi connectivity index (χ3v) is 6.99. The van der Waals surface area contributed by atoms with Crippen molar-refractivity contribution in [1.82, 2.24) is 9.62 Å². The molecule has 0 aromatic heterocycles. The van der Waals surface area contributed by atoms with Crippen LogP contribution >= 0.6 is 0 Å². The monoisotopic (exact) mass is 484 g/mol. The van der Waals surface area contributed by atoms with Gasteiger partial charge < -0.3 is 4.90 Å². The zero-order chi connectivity index (χ0) is 24.0. The predicted molar refractivity (Wildman–Crippen MR) is 115 cm³/mol. The number of hydrogen-bond acceptors (Lipinski definition) is 3. The number of carbonyl (C=O) groups is 1. The number of nitrogens with one attached hydrogen (secondary N) is 1. The van der Waals surface area contributed by atoms with Gasteiger partial charge in [0.2, 0.25) is 15.9 Å². The highest BCUT2D eigenvalue weighted by atomic mass is 32.2. The molecule has 1 aliphatic heterocycles. The summed E-state index contributed by atoms with van der Waals surface area (Å²) in [5.41, 5.74) is 0.847. The number of alkyl halides is 2. The molecule has 33 heavy (non-hydrogen) atoms. The zero-order valence-corrected chi connectivity index (χ0v) is 18.7. The molecule has 2 fully saturated rings. The van der Waals surface area contributed by atoms with Crippen LogP contribution < -0.4 is 4.72 Å². The molecule has 178 valence electrons. The Kier molecular flexibility index (Phi) is 6.26. The Bertz CT molecular complexity index is 1150. The Morgan fingerprint density at radius 1 is 1.06 bits per heavy atom. The van der Waals surface area contributed by atoms with Crippen molar-refractivity contribution in [2.24, 2.45) is 5.92 Å². The minimum Gasteiger partial charge on any atom is -0.342 e. The fourth-order valence-corrected chi connectivity index (χ4v) is 5.35. The predicted octanol–water partition coefficient (Wildman–Crippen LogP) is 3.91. The summed E-state index contributed by atoms with van der Waals surface area (Å²) >= 11 is 0. The van der Waals surface area contributed by atoms with Crippen LogP contribution in [0.25, 0.3) is 11.1 Å². The summed E-state index contributed by atoms with van der Waals surface area (Å²) in [6.45, 7) is -0.199. The minimum absolute atomic E-state index is 0.00554. The van der Waals surface area contributed by atoms with Crippen LogP contribution in [-0.2, 0) is 14.8 Å². The van der Waals surface area contributed by atoms with Gasteiger partial charge in [-0.25, -0.2) is 30.7 Å². The highest BCUT2D eigenvalue weighted by Gasteiger charge is 2.49.